The first-order valence-corrected chi connectivity index (χ1v) is 11.8. The van der Waals surface area contributed by atoms with E-state index in [1.165, 1.54) is 16.9 Å². The highest BCUT2D eigenvalue weighted by Crippen LogP contribution is 2.42. The van der Waals surface area contributed by atoms with Gasteiger partial charge in [-0.25, -0.2) is 0 Å². The zero-order valence-electron chi connectivity index (χ0n) is 18.5. The van der Waals surface area contributed by atoms with E-state index in [2.05, 4.69) is 55.5 Å². The summed E-state index contributed by atoms with van der Waals surface area (Å²) in [5.74, 6) is 2.15. The molecule has 2 heterocycles. The van der Waals surface area contributed by atoms with Gasteiger partial charge in [0.05, 0.1) is 6.04 Å². The molecule has 1 amide bonds. The van der Waals surface area contributed by atoms with Gasteiger partial charge in [0, 0.05) is 30.4 Å². The van der Waals surface area contributed by atoms with Gasteiger partial charge >= 0.3 is 0 Å². The van der Waals surface area contributed by atoms with Crippen LogP contribution in [0.25, 0.3) is 0 Å². The minimum Gasteiger partial charge on any atom is -0.412 e. The van der Waals surface area contributed by atoms with Crippen LogP contribution in [0.3, 0.4) is 0 Å². The summed E-state index contributed by atoms with van der Waals surface area (Å²) in [5.41, 5.74) is 2.78. The molecule has 3 rings (SSSR count). The van der Waals surface area contributed by atoms with Crippen molar-refractivity contribution in [1.82, 2.24) is 10.2 Å². The van der Waals surface area contributed by atoms with Gasteiger partial charge in [0.25, 0.3) is 0 Å². The molecule has 0 radical (unpaired) electrons. The largest absolute Gasteiger partial charge is 0.412 e. The Kier molecular flexibility index (Phi) is 12.4. The molecule has 1 aromatic carbocycles. The maximum Gasteiger partial charge on any atom is 0.239 e. The lowest BCUT2D eigenvalue weighted by Crippen LogP contribution is -2.55. The molecule has 0 unspecified atom stereocenters. The molecule has 2 aliphatic rings. The van der Waals surface area contributed by atoms with E-state index in [4.69, 9.17) is 11.6 Å². The van der Waals surface area contributed by atoms with Crippen LogP contribution in [0.1, 0.15) is 59.4 Å². The Labute approximate surface area is 197 Å². The van der Waals surface area contributed by atoms with Gasteiger partial charge in [-0.2, -0.15) is 0 Å². The normalized spacial score (nSPS) is 20.8. The van der Waals surface area contributed by atoms with E-state index in [1.54, 1.807) is 0 Å². The Bertz CT molecular complexity index is 722. The first kappa shape index (κ1) is 29.9. The summed E-state index contributed by atoms with van der Waals surface area (Å²) in [6.45, 7) is 11.3. The van der Waals surface area contributed by atoms with Crippen LogP contribution in [0.5, 0.6) is 0 Å². The van der Waals surface area contributed by atoms with E-state index in [1.807, 2.05) is 23.9 Å². The Morgan fingerprint density at radius 1 is 1.26 bits per heavy atom. The van der Waals surface area contributed by atoms with E-state index < -0.39 is 0 Å². The van der Waals surface area contributed by atoms with Crippen LogP contribution in [-0.2, 0) is 4.79 Å². The summed E-state index contributed by atoms with van der Waals surface area (Å²) in [6, 6.07) is 8.10. The van der Waals surface area contributed by atoms with Gasteiger partial charge in [-0.3, -0.25) is 4.79 Å². The van der Waals surface area contributed by atoms with Crippen LogP contribution in [0, 0.1) is 11.3 Å². The van der Waals surface area contributed by atoms with E-state index in [0.717, 1.165) is 37.5 Å². The molecule has 0 spiro atoms. The molecule has 0 aliphatic carbocycles. The molecule has 0 saturated carbocycles. The molecular formula is C24H41ClN2O3S. The van der Waals surface area contributed by atoms with E-state index >= 15 is 0 Å². The van der Waals surface area contributed by atoms with Gasteiger partial charge in [0.2, 0.25) is 5.91 Å². The SMILES string of the molecule is C.CC(C)[C@@H](NCC1=CSCC1)C(=O)N1CC[C@H](c2ccc(Cl)cc2)C(C)(C)C1.O.O. The van der Waals surface area contributed by atoms with E-state index in [0.29, 0.717) is 5.92 Å². The van der Waals surface area contributed by atoms with Crippen LogP contribution < -0.4 is 5.32 Å². The zero-order valence-corrected chi connectivity index (χ0v) is 20.1. The van der Waals surface area contributed by atoms with Crippen molar-refractivity contribution in [2.45, 2.75) is 59.9 Å². The third kappa shape index (κ3) is 7.50. The standard InChI is InChI=1S/C23H33ClN2OS.CH4.2H2O/c1-16(2)21(25-13-17-10-12-28-14-17)22(27)26-11-9-20(23(3,4)15-26)18-5-7-19(24)8-6-18;;;/h5-8,14,16,20-21,25H,9-13,15H2,1-4H3;1H4;2*1H2/t20-,21-;;;/m1.../s1. The molecule has 0 bridgehead atoms. The van der Waals surface area contributed by atoms with Gasteiger partial charge in [-0.1, -0.05) is 58.9 Å². The summed E-state index contributed by atoms with van der Waals surface area (Å²) < 4.78 is 0. The number of hydrogen-bond acceptors (Lipinski definition) is 3. The highest BCUT2D eigenvalue weighted by molar-refractivity contribution is 8.02. The second-order valence-corrected chi connectivity index (χ2v) is 10.6. The Hall–Kier alpha value is -1.05. The average Bonchev–Trinajstić information content (AvgIpc) is 3.15. The Balaban J connectivity index is 0.00000300. The van der Waals surface area contributed by atoms with Crippen molar-refractivity contribution in [3.8, 4) is 0 Å². The molecule has 31 heavy (non-hydrogen) atoms. The Morgan fingerprint density at radius 3 is 2.42 bits per heavy atom. The average molecular weight is 473 g/mol. The highest BCUT2D eigenvalue weighted by atomic mass is 35.5. The summed E-state index contributed by atoms with van der Waals surface area (Å²) in [4.78, 5) is 15.4. The summed E-state index contributed by atoms with van der Waals surface area (Å²) >= 11 is 7.93. The molecule has 7 heteroatoms. The van der Waals surface area contributed by atoms with Gasteiger partial charge < -0.3 is 21.2 Å². The van der Waals surface area contributed by atoms with E-state index in [-0.39, 0.29) is 41.7 Å². The number of amides is 1. The second-order valence-electron chi connectivity index (χ2n) is 9.14. The monoisotopic (exact) mass is 472 g/mol. The fraction of sp³-hybridized carbons (Fsp3) is 0.625. The lowest BCUT2D eigenvalue weighted by Gasteiger charge is -2.46. The number of nitrogens with zero attached hydrogens (tertiary/aromatic N) is 1. The van der Waals surface area contributed by atoms with Crippen molar-refractivity contribution in [2.75, 3.05) is 25.4 Å². The van der Waals surface area contributed by atoms with Crippen LogP contribution >= 0.6 is 23.4 Å². The smallest absolute Gasteiger partial charge is 0.239 e. The quantitative estimate of drug-likeness (QED) is 0.668. The lowest BCUT2D eigenvalue weighted by atomic mass is 9.70. The number of carbonyl (C=O) groups is 1. The maximum absolute atomic E-state index is 13.3. The number of piperidine rings is 1. The Morgan fingerprint density at radius 2 is 1.90 bits per heavy atom. The number of carbonyl (C=O) groups excluding carboxylic acids is 1. The number of hydrogen-bond donors (Lipinski definition) is 1. The van der Waals surface area contributed by atoms with Crippen molar-refractivity contribution < 1.29 is 15.7 Å². The topological polar surface area (TPSA) is 95.3 Å². The molecule has 5 nitrogen and oxygen atoms in total. The number of rotatable bonds is 6. The van der Waals surface area contributed by atoms with Crippen LogP contribution in [0.4, 0.5) is 0 Å². The number of likely N-dealkylation sites (tertiary alicyclic amines) is 1. The number of halogens is 1. The second kappa shape index (κ2) is 12.9. The first-order chi connectivity index (χ1) is 13.3. The fourth-order valence-corrected chi connectivity index (χ4v) is 5.52. The zero-order chi connectivity index (χ0) is 20.3. The predicted molar refractivity (Wildman–Crippen MR) is 135 cm³/mol. The van der Waals surface area contributed by atoms with Gasteiger partial charge in [0.15, 0.2) is 0 Å². The lowest BCUT2D eigenvalue weighted by molar-refractivity contribution is -0.138. The molecule has 0 aromatic heterocycles. The van der Waals surface area contributed by atoms with Crippen LogP contribution in [-0.4, -0.2) is 53.2 Å². The highest BCUT2D eigenvalue weighted by Gasteiger charge is 2.40. The molecule has 2 aliphatic heterocycles. The van der Waals surface area contributed by atoms with Crippen molar-refractivity contribution >= 4 is 29.3 Å². The first-order valence-electron chi connectivity index (χ1n) is 10.3. The molecule has 1 fully saturated rings. The third-order valence-corrected chi connectivity index (χ3v) is 7.28. The van der Waals surface area contributed by atoms with E-state index in [9.17, 15) is 4.79 Å². The van der Waals surface area contributed by atoms with Crippen molar-refractivity contribution in [3.63, 3.8) is 0 Å². The molecular weight excluding hydrogens is 432 g/mol. The predicted octanol–water partition coefficient (Wildman–Crippen LogP) is 4.30. The maximum atomic E-state index is 13.3. The summed E-state index contributed by atoms with van der Waals surface area (Å²) in [5, 5.41) is 6.57. The van der Waals surface area contributed by atoms with Gasteiger partial charge in [-0.15, -0.1) is 11.8 Å². The fourth-order valence-electron chi connectivity index (χ4n) is 4.46. The summed E-state index contributed by atoms with van der Waals surface area (Å²) in [7, 11) is 0. The van der Waals surface area contributed by atoms with Gasteiger partial charge in [0.1, 0.15) is 0 Å². The number of thioether (sulfide) groups is 1. The minimum absolute atomic E-state index is 0. The van der Waals surface area contributed by atoms with Crippen LogP contribution in [0.2, 0.25) is 5.02 Å². The molecule has 5 N–H and O–H groups in total. The molecule has 178 valence electrons. The van der Waals surface area contributed by atoms with Gasteiger partial charge in [-0.05, 0) is 58.8 Å². The third-order valence-electron chi connectivity index (χ3n) is 6.09. The van der Waals surface area contributed by atoms with Crippen molar-refractivity contribution in [1.29, 1.82) is 0 Å². The molecule has 1 saturated heterocycles. The number of nitrogens with one attached hydrogen (secondary N) is 1. The summed E-state index contributed by atoms with van der Waals surface area (Å²) in [6.07, 6.45) is 2.13. The van der Waals surface area contributed by atoms with Crippen molar-refractivity contribution in [2.24, 2.45) is 11.3 Å². The number of benzene rings is 1. The minimum atomic E-state index is -0.116. The molecule has 1 aromatic rings. The van der Waals surface area contributed by atoms with Crippen molar-refractivity contribution in [3.05, 3.63) is 45.8 Å². The van der Waals surface area contributed by atoms with Crippen LogP contribution in [0.15, 0.2) is 35.2 Å². The molecule has 2 atom stereocenters.